The molecule has 0 atom stereocenters. The monoisotopic (exact) mass is 454 g/mol. The van der Waals surface area contributed by atoms with Crippen LogP contribution in [0.1, 0.15) is 41.5 Å². The number of amides is 1. The van der Waals surface area contributed by atoms with E-state index in [1.165, 1.54) is 0 Å². The second-order valence-electron chi connectivity index (χ2n) is 8.27. The van der Waals surface area contributed by atoms with Crippen LogP contribution in [0, 0.1) is 0 Å². The molecule has 1 saturated heterocycles. The van der Waals surface area contributed by atoms with Gasteiger partial charge in [0.2, 0.25) is 0 Å². The van der Waals surface area contributed by atoms with Gasteiger partial charge >= 0.3 is 0 Å². The number of carbonyl (C=O) groups is 1. The molecule has 32 heavy (non-hydrogen) atoms. The van der Waals surface area contributed by atoms with Crippen molar-refractivity contribution >= 4 is 21.4 Å². The van der Waals surface area contributed by atoms with Crippen LogP contribution in [0.3, 0.4) is 0 Å². The minimum Gasteiger partial charge on any atom is -0.334 e. The molecular weight excluding hydrogens is 428 g/mol. The second kappa shape index (κ2) is 9.22. The number of benzene rings is 2. The fourth-order valence-corrected chi connectivity index (χ4v) is 4.74. The molecule has 4 rings (SSSR count). The average molecular weight is 455 g/mol. The van der Waals surface area contributed by atoms with Crippen LogP contribution in [0.5, 0.6) is 0 Å². The summed E-state index contributed by atoms with van der Waals surface area (Å²) in [4.78, 5) is 19.2. The van der Waals surface area contributed by atoms with E-state index in [1.807, 2.05) is 44.2 Å². The van der Waals surface area contributed by atoms with Crippen molar-refractivity contribution in [3.8, 4) is 11.5 Å². The van der Waals surface area contributed by atoms with Crippen LogP contribution >= 0.6 is 0 Å². The van der Waals surface area contributed by atoms with Crippen LogP contribution in [-0.4, -0.2) is 54.0 Å². The molecule has 0 bridgehead atoms. The number of anilines is 1. The van der Waals surface area contributed by atoms with Gasteiger partial charge in [-0.1, -0.05) is 31.1 Å². The number of nitrogens with one attached hydrogen (secondary N) is 1. The Balaban J connectivity index is 1.39. The second-order valence-corrected chi connectivity index (χ2v) is 10.6. The van der Waals surface area contributed by atoms with Crippen molar-refractivity contribution < 1.29 is 17.7 Å². The van der Waals surface area contributed by atoms with Crippen LogP contribution in [0.15, 0.2) is 53.1 Å². The molecule has 1 aliphatic rings. The van der Waals surface area contributed by atoms with E-state index in [0.29, 0.717) is 42.6 Å². The van der Waals surface area contributed by atoms with E-state index in [-0.39, 0.29) is 23.3 Å². The van der Waals surface area contributed by atoms with E-state index in [9.17, 15) is 13.2 Å². The Kier molecular flexibility index (Phi) is 6.38. The average Bonchev–Trinajstić information content (AvgIpc) is 3.27. The normalized spacial score (nSPS) is 16.2. The van der Waals surface area contributed by atoms with Crippen molar-refractivity contribution in [2.75, 3.05) is 29.9 Å². The maximum Gasteiger partial charge on any atom is 0.257 e. The molecule has 1 fully saturated rings. The lowest BCUT2D eigenvalue weighted by Crippen LogP contribution is -2.39. The van der Waals surface area contributed by atoms with E-state index >= 15 is 0 Å². The lowest BCUT2D eigenvalue weighted by molar-refractivity contribution is 0.102. The molecule has 1 amide bonds. The molecule has 2 aromatic carbocycles. The lowest BCUT2D eigenvalue weighted by atomic mass is 10.1. The van der Waals surface area contributed by atoms with Crippen molar-refractivity contribution in [3.63, 3.8) is 0 Å². The number of sulfone groups is 1. The van der Waals surface area contributed by atoms with Crippen molar-refractivity contribution in [3.05, 3.63) is 65.5 Å². The Morgan fingerprint density at radius 3 is 2.50 bits per heavy atom. The maximum absolute atomic E-state index is 12.7. The van der Waals surface area contributed by atoms with Crippen LogP contribution in [0.4, 0.5) is 5.69 Å². The summed E-state index contributed by atoms with van der Waals surface area (Å²) in [5.74, 6) is 1.45. The highest BCUT2D eigenvalue weighted by Crippen LogP contribution is 2.22. The Morgan fingerprint density at radius 1 is 1.12 bits per heavy atom. The summed E-state index contributed by atoms with van der Waals surface area (Å²) >= 11 is 0. The highest BCUT2D eigenvalue weighted by molar-refractivity contribution is 7.91. The Hall–Kier alpha value is -3.04. The molecule has 0 radical (unpaired) electrons. The molecule has 0 aliphatic carbocycles. The van der Waals surface area contributed by atoms with E-state index in [1.54, 1.807) is 18.2 Å². The van der Waals surface area contributed by atoms with Crippen molar-refractivity contribution in [1.29, 1.82) is 0 Å². The van der Waals surface area contributed by atoms with Gasteiger partial charge in [0.05, 0.1) is 11.5 Å². The van der Waals surface area contributed by atoms with Gasteiger partial charge < -0.3 is 9.84 Å². The van der Waals surface area contributed by atoms with E-state index < -0.39 is 9.84 Å². The summed E-state index contributed by atoms with van der Waals surface area (Å²) in [5, 5.41) is 6.87. The van der Waals surface area contributed by atoms with Gasteiger partial charge in [-0.2, -0.15) is 4.98 Å². The molecule has 0 spiro atoms. The SMILES string of the molecule is CC(C)c1noc(-c2ccc(NC(=O)c3cccc(CN4CCS(=O)(=O)CC4)c3)cc2)n1. The van der Waals surface area contributed by atoms with Gasteiger partial charge in [-0.3, -0.25) is 9.69 Å². The molecular formula is C23H26N4O4S. The number of carbonyl (C=O) groups excluding carboxylic acids is 1. The summed E-state index contributed by atoms with van der Waals surface area (Å²) < 4.78 is 28.5. The zero-order valence-electron chi connectivity index (χ0n) is 18.1. The lowest BCUT2D eigenvalue weighted by Gasteiger charge is -2.26. The third-order valence-corrected chi connectivity index (χ3v) is 6.99. The summed E-state index contributed by atoms with van der Waals surface area (Å²) in [6.07, 6.45) is 0. The quantitative estimate of drug-likeness (QED) is 0.609. The maximum atomic E-state index is 12.7. The van der Waals surface area contributed by atoms with Gasteiger partial charge in [0, 0.05) is 42.4 Å². The molecule has 0 unspecified atom stereocenters. The number of hydrogen-bond acceptors (Lipinski definition) is 7. The zero-order chi connectivity index (χ0) is 22.7. The van der Waals surface area contributed by atoms with E-state index in [4.69, 9.17) is 4.52 Å². The van der Waals surface area contributed by atoms with Crippen LogP contribution in [0.25, 0.3) is 11.5 Å². The van der Waals surface area contributed by atoms with Gasteiger partial charge in [-0.05, 0) is 42.0 Å². The Morgan fingerprint density at radius 2 is 1.84 bits per heavy atom. The van der Waals surface area contributed by atoms with Crippen molar-refractivity contribution in [1.82, 2.24) is 15.0 Å². The molecule has 9 heteroatoms. The molecule has 1 N–H and O–H groups in total. The first kappa shape index (κ1) is 22.2. The topological polar surface area (TPSA) is 105 Å². The summed E-state index contributed by atoms with van der Waals surface area (Å²) in [7, 11) is -2.91. The minimum absolute atomic E-state index is 0.185. The smallest absolute Gasteiger partial charge is 0.257 e. The molecule has 1 aromatic heterocycles. The zero-order valence-corrected chi connectivity index (χ0v) is 18.9. The van der Waals surface area contributed by atoms with E-state index in [0.717, 1.165) is 11.1 Å². The van der Waals surface area contributed by atoms with E-state index in [2.05, 4.69) is 20.4 Å². The first-order chi connectivity index (χ1) is 15.3. The predicted octanol–water partition coefficient (Wildman–Crippen LogP) is 3.34. The fraction of sp³-hybridized carbons (Fsp3) is 0.348. The summed E-state index contributed by atoms with van der Waals surface area (Å²) in [5.41, 5.74) is 2.97. The Bertz CT molecular complexity index is 1190. The van der Waals surface area contributed by atoms with Gasteiger partial charge in [-0.25, -0.2) is 8.42 Å². The molecule has 2 heterocycles. The highest BCUT2D eigenvalue weighted by atomic mass is 32.2. The number of nitrogens with zero attached hydrogens (tertiary/aromatic N) is 3. The summed E-state index contributed by atoms with van der Waals surface area (Å²) in [6, 6.07) is 14.6. The van der Waals surface area contributed by atoms with Gasteiger partial charge in [0.25, 0.3) is 11.8 Å². The summed E-state index contributed by atoms with van der Waals surface area (Å²) in [6.45, 7) is 5.65. The van der Waals surface area contributed by atoms with Crippen LogP contribution in [-0.2, 0) is 16.4 Å². The van der Waals surface area contributed by atoms with Crippen LogP contribution in [0.2, 0.25) is 0 Å². The highest BCUT2D eigenvalue weighted by Gasteiger charge is 2.21. The van der Waals surface area contributed by atoms with Gasteiger partial charge in [0.15, 0.2) is 15.7 Å². The molecule has 0 saturated carbocycles. The fourth-order valence-electron chi connectivity index (χ4n) is 3.46. The first-order valence-electron chi connectivity index (χ1n) is 10.6. The van der Waals surface area contributed by atoms with Crippen molar-refractivity contribution in [2.45, 2.75) is 26.3 Å². The first-order valence-corrected chi connectivity index (χ1v) is 12.4. The number of aromatic nitrogens is 2. The van der Waals surface area contributed by atoms with Crippen LogP contribution < -0.4 is 5.32 Å². The number of hydrogen-bond donors (Lipinski definition) is 1. The molecule has 168 valence electrons. The van der Waals surface area contributed by atoms with Gasteiger partial charge in [0.1, 0.15) is 0 Å². The third kappa shape index (κ3) is 5.41. The molecule has 1 aliphatic heterocycles. The molecule has 3 aromatic rings. The van der Waals surface area contributed by atoms with Gasteiger partial charge in [-0.15, -0.1) is 0 Å². The predicted molar refractivity (Wildman–Crippen MR) is 122 cm³/mol. The molecule has 8 nitrogen and oxygen atoms in total. The number of rotatable bonds is 6. The van der Waals surface area contributed by atoms with Crippen molar-refractivity contribution in [2.24, 2.45) is 0 Å². The largest absolute Gasteiger partial charge is 0.334 e. The third-order valence-electron chi connectivity index (χ3n) is 5.38. The standard InChI is InChI=1S/C23H26N4O4S/c1-16(2)21-25-23(31-26-21)18-6-8-20(9-7-18)24-22(28)19-5-3-4-17(14-19)15-27-10-12-32(29,30)13-11-27/h3-9,14,16H,10-13,15H2,1-2H3,(H,24,28). The Labute approximate surface area is 187 Å². The minimum atomic E-state index is -2.91.